The van der Waals surface area contributed by atoms with Crippen LogP contribution in [0.25, 0.3) is 0 Å². The van der Waals surface area contributed by atoms with Crippen LogP contribution in [0.15, 0.2) is 48.5 Å². The van der Waals surface area contributed by atoms with E-state index in [4.69, 9.17) is 0 Å². The molecule has 0 saturated carbocycles. The number of hydrogen-bond donors (Lipinski definition) is 0. The highest BCUT2D eigenvalue weighted by atomic mass is 19.4. The summed E-state index contributed by atoms with van der Waals surface area (Å²) in [4.78, 5) is 19.2. The van der Waals surface area contributed by atoms with Crippen LogP contribution in [0.2, 0.25) is 0 Å². The zero-order chi connectivity index (χ0) is 22.0. The molecule has 0 unspecified atom stereocenters. The number of likely N-dealkylation sites (tertiary alicyclic amines) is 1. The van der Waals surface area contributed by atoms with E-state index in [1.807, 2.05) is 0 Å². The van der Waals surface area contributed by atoms with Gasteiger partial charge in [0.25, 0.3) is 5.91 Å². The third-order valence-corrected chi connectivity index (χ3v) is 6.17. The van der Waals surface area contributed by atoms with Crippen molar-refractivity contribution in [3.05, 3.63) is 65.5 Å². The number of hydrogen-bond acceptors (Lipinski definition) is 3. The van der Waals surface area contributed by atoms with Gasteiger partial charge in [-0.1, -0.05) is 0 Å². The topological polar surface area (TPSA) is 26.8 Å². The van der Waals surface area contributed by atoms with Gasteiger partial charge in [-0.25, -0.2) is 4.39 Å². The SMILES string of the molecule is O=C(c1ccc(C(F)(F)F)cc1)N1CCC[C@@H](N2CCN(c3ccc(F)cc3)CC2)C1. The Morgan fingerprint density at radius 1 is 0.871 bits per heavy atom. The molecule has 1 atom stereocenters. The molecule has 1 amide bonds. The zero-order valence-electron chi connectivity index (χ0n) is 17.1. The van der Waals surface area contributed by atoms with E-state index >= 15 is 0 Å². The summed E-state index contributed by atoms with van der Waals surface area (Å²) in [5, 5.41) is 0. The fraction of sp³-hybridized carbons (Fsp3) is 0.435. The van der Waals surface area contributed by atoms with Gasteiger partial charge in [0.2, 0.25) is 0 Å². The molecule has 2 aromatic carbocycles. The fourth-order valence-corrected chi connectivity index (χ4v) is 4.42. The zero-order valence-corrected chi connectivity index (χ0v) is 17.1. The van der Waals surface area contributed by atoms with Gasteiger partial charge in [0.05, 0.1) is 5.56 Å². The molecular formula is C23H25F4N3O. The van der Waals surface area contributed by atoms with Crippen molar-refractivity contribution in [2.24, 2.45) is 0 Å². The Bertz CT molecular complexity index is 891. The molecule has 2 aliphatic rings. The van der Waals surface area contributed by atoms with Crippen molar-refractivity contribution in [2.75, 3.05) is 44.2 Å². The van der Waals surface area contributed by atoms with Gasteiger partial charge in [-0.2, -0.15) is 13.2 Å². The van der Waals surface area contributed by atoms with Gasteiger partial charge in [0, 0.05) is 56.6 Å². The molecule has 2 saturated heterocycles. The Kier molecular flexibility index (Phi) is 6.18. The fourth-order valence-electron chi connectivity index (χ4n) is 4.42. The summed E-state index contributed by atoms with van der Waals surface area (Å²) < 4.78 is 51.4. The van der Waals surface area contributed by atoms with Crippen LogP contribution in [0.5, 0.6) is 0 Å². The number of piperazine rings is 1. The highest BCUT2D eigenvalue weighted by Gasteiger charge is 2.32. The molecule has 4 nitrogen and oxygen atoms in total. The second kappa shape index (κ2) is 8.86. The van der Waals surface area contributed by atoms with E-state index in [0.29, 0.717) is 13.1 Å². The first-order valence-corrected chi connectivity index (χ1v) is 10.5. The van der Waals surface area contributed by atoms with Crippen molar-refractivity contribution in [3.63, 3.8) is 0 Å². The molecule has 0 spiro atoms. The first-order valence-electron chi connectivity index (χ1n) is 10.5. The molecule has 0 radical (unpaired) electrons. The van der Waals surface area contributed by atoms with Crippen LogP contribution < -0.4 is 4.90 Å². The molecule has 4 rings (SSSR count). The monoisotopic (exact) mass is 435 g/mol. The van der Waals surface area contributed by atoms with Crippen LogP contribution in [0.1, 0.15) is 28.8 Å². The Morgan fingerprint density at radius 3 is 2.13 bits per heavy atom. The van der Waals surface area contributed by atoms with Crippen molar-refractivity contribution in [2.45, 2.75) is 25.1 Å². The Balaban J connectivity index is 1.34. The molecule has 0 aromatic heterocycles. The molecule has 2 heterocycles. The molecule has 166 valence electrons. The van der Waals surface area contributed by atoms with Crippen LogP contribution in [0, 0.1) is 5.82 Å². The number of piperidine rings is 1. The predicted molar refractivity (Wildman–Crippen MR) is 111 cm³/mol. The van der Waals surface area contributed by atoms with Crippen molar-refractivity contribution in [1.82, 2.24) is 9.80 Å². The number of nitrogens with zero attached hydrogens (tertiary/aromatic N) is 3. The summed E-state index contributed by atoms with van der Waals surface area (Å²) in [6.07, 6.45) is -2.55. The number of rotatable bonds is 3. The van der Waals surface area contributed by atoms with Gasteiger partial charge >= 0.3 is 6.18 Å². The molecule has 8 heteroatoms. The predicted octanol–water partition coefficient (Wildman–Crippen LogP) is 4.27. The molecule has 0 N–H and O–H groups in total. The minimum atomic E-state index is -4.41. The average molecular weight is 435 g/mol. The van der Waals surface area contributed by atoms with Crippen LogP contribution >= 0.6 is 0 Å². The molecule has 2 aromatic rings. The molecule has 2 fully saturated rings. The number of carbonyl (C=O) groups is 1. The molecule has 0 bridgehead atoms. The van der Waals surface area contributed by atoms with Gasteiger partial charge in [-0.3, -0.25) is 9.69 Å². The van der Waals surface area contributed by atoms with E-state index in [1.165, 1.54) is 24.3 Å². The van der Waals surface area contributed by atoms with Crippen LogP contribution in [0.3, 0.4) is 0 Å². The Hall–Kier alpha value is -2.61. The standard InChI is InChI=1S/C23H25F4N3O/c24-19-7-9-20(10-8-19)28-12-14-29(15-13-28)21-2-1-11-30(16-21)22(31)17-3-5-18(6-4-17)23(25,26)27/h3-10,21H,1-2,11-16H2/t21-/m1/s1. The second-order valence-corrected chi connectivity index (χ2v) is 8.12. The lowest BCUT2D eigenvalue weighted by atomic mass is 10.0. The number of halogens is 4. The summed E-state index contributed by atoms with van der Waals surface area (Å²) in [6, 6.07) is 11.2. The van der Waals surface area contributed by atoms with E-state index in [0.717, 1.165) is 56.8 Å². The summed E-state index contributed by atoms with van der Waals surface area (Å²) in [6.45, 7) is 4.56. The van der Waals surface area contributed by atoms with Crippen molar-refractivity contribution >= 4 is 11.6 Å². The lowest BCUT2D eigenvalue weighted by Crippen LogP contribution is -2.55. The minimum Gasteiger partial charge on any atom is -0.369 e. The second-order valence-electron chi connectivity index (χ2n) is 8.12. The Labute approximate surface area is 179 Å². The van der Waals surface area contributed by atoms with E-state index < -0.39 is 11.7 Å². The number of carbonyl (C=O) groups excluding carboxylic acids is 1. The summed E-state index contributed by atoms with van der Waals surface area (Å²) in [5.41, 5.74) is 0.540. The third kappa shape index (κ3) is 5.01. The maximum atomic E-state index is 13.1. The number of anilines is 1. The molecule has 0 aliphatic carbocycles. The van der Waals surface area contributed by atoms with Crippen molar-refractivity contribution in [3.8, 4) is 0 Å². The molecular weight excluding hydrogens is 410 g/mol. The molecule has 2 aliphatic heterocycles. The maximum absolute atomic E-state index is 13.1. The quantitative estimate of drug-likeness (QED) is 0.674. The highest BCUT2D eigenvalue weighted by molar-refractivity contribution is 5.94. The first kappa shape index (κ1) is 21.6. The first-order chi connectivity index (χ1) is 14.8. The van der Waals surface area contributed by atoms with Gasteiger partial charge in [0.15, 0.2) is 0 Å². The number of alkyl halides is 3. The maximum Gasteiger partial charge on any atom is 0.416 e. The van der Waals surface area contributed by atoms with Crippen LogP contribution in [-0.4, -0.2) is 61.0 Å². The Morgan fingerprint density at radius 2 is 1.52 bits per heavy atom. The lowest BCUT2D eigenvalue weighted by molar-refractivity contribution is -0.137. The minimum absolute atomic E-state index is 0.219. The van der Waals surface area contributed by atoms with Crippen LogP contribution in [-0.2, 0) is 6.18 Å². The van der Waals surface area contributed by atoms with E-state index in [-0.39, 0.29) is 23.3 Å². The van der Waals surface area contributed by atoms with Gasteiger partial charge < -0.3 is 9.80 Å². The number of benzene rings is 2. The van der Waals surface area contributed by atoms with E-state index in [9.17, 15) is 22.4 Å². The highest BCUT2D eigenvalue weighted by Crippen LogP contribution is 2.29. The van der Waals surface area contributed by atoms with E-state index in [1.54, 1.807) is 17.0 Å². The lowest BCUT2D eigenvalue weighted by Gasteiger charge is -2.44. The summed E-state index contributed by atoms with van der Waals surface area (Å²) in [5.74, 6) is -0.467. The van der Waals surface area contributed by atoms with Gasteiger partial charge in [0.1, 0.15) is 5.82 Å². The smallest absolute Gasteiger partial charge is 0.369 e. The third-order valence-electron chi connectivity index (χ3n) is 6.17. The van der Waals surface area contributed by atoms with Crippen molar-refractivity contribution < 1.29 is 22.4 Å². The van der Waals surface area contributed by atoms with Gasteiger partial charge in [-0.05, 0) is 61.4 Å². The summed E-state index contributed by atoms with van der Waals surface area (Å²) in [7, 11) is 0. The summed E-state index contributed by atoms with van der Waals surface area (Å²) >= 11 is 0. The van der Waals surface area contributed by atoms with E-state index in [2.05, 4.69) is 9.80 Å². The normalized spacial score (nSPS) is 20.7. The van der Waals surface area contributed by atoms with Crippen LogP contribution in [0.4, 0.5) is 23.2 Å². The largest absolute Gasteiger partial charge is 0.416 e. The average Bonchev–Trinajstić information content (AvgIpc) is 2.79. The van der Waals surface area contributed by atoms with Gasteiger partial charge in [-0.15, -0.1) is 0 Å². The number of amides is 1. The molecule has 31 heavy (non-hydrogen) atoms. The van der Waals surface area contributed by atoms with Crippen molar-refractivity contribution in [1.29, 1.82) is 0 Å².